The fourth-order valence-corrected chi connectivity index (χ4v) is 2.07. The second-order valence-corrected chi connectivity index (χ2v) is 4.18. The molecule has 0 unspecified atom stereocenters. The van der Waals surface area contributed by atoms with Crippen molar-refractivity contribution in [2.45, 2.75) is 12.8 Å². The first kappa shape index (κ1) is 11.7. The maximum absolute atomic E-state index is 11.9. The lowest BCUT2D eigenvalue weighted by atomic mass is 9.89. The molecule has 0 saturated carbocycles. The third kappa shape index (κ3) is 2.03. The number of halogens is 1. The van der Waals surface area contributed by atoms with E-state index in [-0.39, 0.29) is 12.0 Å². The Hall–Kier alpha value is -1.81. The molecule has 0 heterocycles. The van der Waals surface area contributed by atoms with Gasteiger partial charge in [-0.1, -0.05) is 23.4 Å². The van der Waals surface area contributed by atoms with E-state index in [4.69, 9.17) is 16.7 Å². The minimum atomic E-state index is -1.59. The Morgan fingerprint density at radius 3 is 2.65 bits per heavy atom. The number of carboxylic acid groups (broad SMARTS) is 1. The number of ketones is 1. The Kier molecular flexibility index (Phi) is 2.90. The molecule has 0 bridgehead atoms. The Balaban J connectivity index is 2.52. The van der Waals surface area contributed by atoms with Gasteiger partial charge < -0.3 is 10.2 Å². The highest BCUT2D eigenvalue weighted by Crippen LogP contribution is 2.30. The number of carbonyl (C=O) groups excluding carboxylic acids is 1. The summed E-state index contributed by atoms with van der Waals surface area (Å²) in [6.07, 6.45) is 0.604. The molecule has 0 fully saturated rings. The molecule has 0 spiro atoms. The highest BCUT2D eigenvalue weighted by atomic mass is 35.5. The van der Waals surface area contributed by atoms with Gasteiger partial charge in [0.05, 0.1) is 0 Å². The Bertz CT molecular complexity index is 545. The Labute approximate surface area is 102 Å². The second kappa shape index (κ2) is 4.22. The average molecular weight is 252 g/mol. The molecule has 0 aliphatic heterocycles. The summed E-state index contributed by atoms with van der Waals surface area (Å²) in [5.74, 6) is -3.21. The van der Waals surface area contributed by atoms with Crippen LogP contribution in [0, 0.1) is 0 Å². The third-order valence-corrected chi connectivity index (χ3v) is 2.93. The van der Waals surface area contributed by atoms with Crippen LogP contribution in [0.3, 0.4) is 0 Å². The van der Waals surface area contributed by atoms with Crippen LogP contribution in [0.15, 0.2) is 23.8 Å². The van der Waals surface area contributed by atoms with Crippen molar-refractivity contribution >= 4 is 29.1 Å². The van der Waals surface area contributed by atoms with Crippen molar-refractivity contribution in [2.24, 2.45) is 0 Å². The number of benzene rings is 1. The van der Waals surface area contributed by atoms with Gasteiger partial charge >= 0.3 is 5.97 Å². The quantitative estimate of drug-likeness (QED) is 0.796. The first-order chi connectivity index (χ1) is 8.00. The zero-order valence-corrected chi connectivity index (χ0v) is 9.45. The molecule has 1 aromatic rings. The molecule has 0 amide bonds. The number of Topliss-reactive ketones (excluding diaryl/α,β-unsaturated/α-hetero) is 1. The minimum absolute atomic E-state index is 0.150. The van der Waals surface area contributed by atoms with Gasteiger partial charge in [0.1, 0.15) is 0 Å². The summed E-state index contributed by atoms with van der Waals surface area (Å²) in [4.78, 5) is 21.9. The van der Waals surface area contributed by atoms with E-state index in [0.717, 1.165) is 5.56 Å². The van der Waals surface area contributed by atoms with Gasteiger partial charge in [0.15, 0.2) is 0 Å². The summed E-state index contributed by atoms with van der Waals surface area (Å²) in [5.41, 5.74) is 0.960. The summed E-state index contributed by atoms with van der Waals surface area (Å²) in [6, 6.07) is 4.73. The minimum Gasteiger partial charge on any atom is -0.872 e. The SMILES string of the molecule is O=C(O)C(=O)C1=C([O-])c2ccc(Cl)cc2CC1. The summed E-state index contributed by atoms with van der Waals surface area (Å²) in [6.45, 7) is 0. The van der Waals surface area contributed by atoms with Gasteiger partial charge in [-0.3, -0.25) is 4.79 Å². The van der Waals surface area contributed by atoms with E-state index in [1.54, 1.807) is 12.1 Å². The molecule has 0 saturated heterocycles. The van der Waals surface area contributed by atoms with Crippen LogP contribution in [0.25, 0.3) is 5.76 Å². The summed E-state index contributed by atoms with van der Waals surface area (Å²) in [5, 5.41) is 21.0. The van der Waals surface area contributed by atoms with Crippen molar-refractivity contribution in [3.05, 3.63) is 39.9 Å². The van der Waals surface area contributed by atoms with Crippen molar-refractivity contribution in [3.8, 4) is 0 Å². The standard InChI is InChI=1S/C12H9ClO4/c13-7-2-4-8-6(5-7)1-3-9(10(8)14)11(15)12(16)17/h2,4-5,14H,1,3H2,(H,16,17)/p-1. The van der Waals surface area contributed by atoms with Crippen molar-refractivity contribution in [3.63, 3.8) is 0 Å². The maximum Gasteiger partial charge on any atom is 0.376 e. The molecule has 1 aliphatic carbocycles. The van der Waals surface area contributed by atoms with Gasteiger partial charge in [-0.15, -0.1) is 0 Å². The lowest BCUT2D eigenvalue weighted by Gasteiger charge is -2.25. The first-order valence-electron chi connectivity index (χ1n) is 4.97. The maximum atomic E-state index is 11.9. The van der Waals surface area contributed by atoms with Gasteiger partial charge in [-0.25, -0.2) is 4.79 Å². The van der Waals surface area contributed by atoms with Crippen LogP contribution < -0.4 is 5.11 Å². The molecule has 5 heteroatoms. The molecule has 0 aromatic heterocycles. The topological polar surface area (TPSA) is 77.4 Å². The number of aryl methyl sites for hydroxylation is 1. The van der Waals surface area contributed by atoms with Gasteiger partial charge in [-0.05, 0) is 36.1 Å². The highest BCUT2D eigenvalue weighted by Gasteiger charge is 2.22. The molecule has 2 rings (SSSR count). The normalized spacial score (nSPS) is 14.4. The number of aliphatic carboxylic acids is 1. The van der Waals surface area contributed by atoms with Crippen molar-refractivity contribution in [1.82, 2.24) is 0 Å². The predicted molar refractivity (Wildman–Crippen MR) is 59.3 cm³/mol. The van der Waals surface area contributed by atoms with Gasteiger partial charge in [-0.2, -0.15) is 0 Å². The van der Waals surface area contributed by atoms with E-state index in [9.17, 15) is 14.7 Å². The number of fused-ring (bicyclic) bond motifs is 1. The number of hydrogen-bond acceptors (Lipinski definition) is 3. The van der Waals surface area contributed by atoms with E-state index >= 15 is 0 Å². The van der Waals surface area contributed by atoms with Crippen molar-refractivity contribution in [1.29, 1.82) is 0 Å². The second-order valence-electron chi connectivity index (χ2n) is 3.74. The summed E-state index contributed by atoms with van der Waals surface area (Å²) in [7, 11) is 0. The smallest absolute Gasteiger partial charge is 0.376 e. The first-order valence-corrected chi connectivity index (χ1v) is 5.35. The Morgan fingerprint density at radius 2 is 2.00 bits per heavy atom. The van der Waals surface area contributed by atoms with Gasteiger partial charge in [0, 0.05) is 10.6 Å². The molecule has 0 atom stereocenters. The zero-order chi connectivity index (χ0) is 12.6. The molecule has 4 nitrogen and oxygen atoms in total. The molecule has 88 valence electrons. The zero-order valence-electron chi connectivity index (χ0n) is 8.70. The molecule has 0 radical (unpaired) electrons. The van der Waals surface area contributed by atoms with E-state index < -0.39 is 17.5 Å². The van der Waals surface area contributed by atoms with Crippen LogP contribution in [0.1, 0.15) is 17.5 Å². The van der Waals surface area contributed by atoms with Crippen molar-refractivity contribution < 1.29 is 19.8 Å². The third-order valence-electron chi connectivity index (χ3n) is 2.70. The molecule has 1 aliphatic rings. The molecule has 17 heavy (non-hydrogen) atoms. The van der Waals surface area contributed by atoms with Gasteiger partial charge in [0.2, 0.25) is 0 Å². The average Bonchev–Trinajstić information content (AvgIpc) is 2.28. The Morgan fingerprint density at radius 1 is 1.29 bits per heavy atom. The molecular weight excluding hydrogens is 244 g/mol. The monoisotopic (exact) mass is 251 g/mol. The van der Waals surface area contributed by atoms with E-state index in [2.05, 4.69) is 0 Å². The summed E-state index contributed by atoms with van der Waals surface area (Å²) < 4.78 is 0. The number of rotatable bonds is 2. The van der Waals surface area contributed by atoms with Crippen LogP contribution in [0.4, 0.5) is 0 Å². The molecule has 1 N–H and O–H groups in total. The fraction of sp³-hybridized carbons (Fsp3) is 0.167. The van der Waals surface area contributed by atoms with E-state index in [1.807, 2.05) is 0 Å². The summed E-state index contributed by atoms with van der Waals surface area (Å²) >= 11 is 5.79. The lowest BCUT2D eigenvalue weighted by Crippen LogP contribution is -2.23. The highest BCUT2D eigenvalue weighted by molar-refractivity contribution is 6.41. The van der Waals surface area contributed by atoms with Crippen molar-refractivity contribution in [2.75, 3.05) is 0 Å². The number of carboxylic acids is 1. The van der Waals surface area contributed by atoms with Crippen LogP contribution in [-0.2, 0) is 16.0 Å². The molecule has 1 aromatic carbocycles. The van der Waals surface area contributed by atoms with E-state index in [0.29, 0.717) is 17.0 Å². The van der Waals surface area contributed by atoms with Crippen LogP contribution in [-0.4, -0.2) is 16.9 Å². The van der Waals surface area contributed by atoms with E-state index in [1.165, 1.54) is 6.07 Å². The van der Waals surface area contributed by atoms with Crippen LogP contribution >= 0.6 is 11.6 Å². The number of carbonyl (C=O) groups is 2. The molecular formula is C12H8ClO4-. The number of hydrogen-bond donors (Lipinski definition) is 1. The lowest BCUT2D eigenvalue weighted by molar-refractivity contribution is -0.245. The van der Waals surface area contributed by atoms with Crippen LogP contribution in [0.5, 0.6) is 0 Å². The van der Waals surface area contributed by atoms with Crippen LogP contribution in [0.2, 0.25) is 5.02 Å². The van der Waals surface area contributed by atoms with Gasteiger partial charge in [0.25, 0.3) is 5.78 Å². The largest absolute Gasteiger partial charge is 0.872 e. The fourth-order valence-electron chi connectivity index (χ4n) is 1.87. The predicted octanol–water partition coefficient (Wildman–Crippen LogP) is 1.01.